The molecule has 6 heteroatoms. The Kier molecular flexibility index (Phi) is 2.88. The van der Waals surface area contributed by atoms with Gasteiger partial charge in [0.1, 0.15) is 0 Å². The molecule has 74 valence electrons. The van der Waals surface area contributed by atoms with Crippen LogP contribution < -0.4 is 10.00 Å². The summed E-state index contributed by atoms with van der Waals surface area (Å²) in [5, 5.41) is 9.97. The van der Waals surface area contributed by atoms with Crippen molar-refractivity contribution in [2.45, 2.75) is 19.3 Å². The standard InChI is InChI=1S/C7H11O5P/c8-6(9)3-4-13(11,12)7(10)5-1-2-5/h5H,1-4H2,(H,8,9)(H,11,12)/p-2. The van der Waals surface area contributed by atoms with Crippen LogP contribution in [0, 0.1) is 5.92 Å². The third-order valence-corrected chi connectivity index (χ3v) is 3.72. The topological polar surface area (TPSA) is 97.3 Å². The Balaban J connectivity index is 2.49. The molecule has 0 spiro atoms. The van der Waals surface area contributed by atoms with Crippen molar-refractivity contribution in [3.63, 3.8) is 0 Å². The van der Waals surface area contributed by atoms with E-state index in [-0.39, 0.29) is 5.92 Å². The van der Waals surface area contributed by atoms with Gasteiger partial charge in [0.15, 0.2) is 5.52 Å². The summed E-state index contributed by atoms with van der Waals surface area (Å²) in [5.74, 6) is -1.82. The van der Waals surface area contributed by atoms with E-state index in [4.69, 9.17) is 0 Å². The van der Waals surface area contributed by atoms with Gasteiger partial charge in [0, 0.05) is 18.0 Å². The van der Waals surface area contributed by atoms with Crippen molar-refractivity contribution in [1.82, 2.24) is 0 Å². The van der Waals surface area contributed by atoms with Crippen molar-refractivity contribution in [3.8, 4) is 0 Å². The molecule has 1 fully saturated rings. The maximum atomic E-state index is 11.1. The van der Waals surface area contributed by atoms with E-state index < -0.39 is 31.4 Å². The van der Waals surface area contributed by atoms with Crippen LogP contribution in [0.5, 0.6) is 0 Å². The number of carbonyl (C=O) groups is 2. The summed E-state index contributed by atoms with van der Waals surface area (Å²) in [4.78, 5) is 32.1. The summed E-state index contributed by atoms with van der Waals surface area (Å²) in [6.07, 6.45) is 0.0106. The lowest BCUT2D eigenvalue weighted by Gasteiger charge is -2.21. The van der Waals surface area contributed by atoms with Crippen LogP contribution in [-0.2, 0) is 14.2 Å². The molecule has 0 saturated heterocycles. The summed E-state index contributed by atoms with van der Waals surface area (Å²) >= 11 is 0. The summed E-state index contributed by atoms with van der Waals surface area (Å²) < 4.78 is 11.1. The number of carboxylic acid groups (broad SMARTS) is 1. The molecular formula is C7H9O5P-2. The lowest BCUT2D eigenvalue weighted by molar-refractivity contribution is -0.305. The number of carbonyl (C=O) groups excluding carboxylic acids is 2. The number of rotatable bonds is 5. The zero-order valence-corrected chi connectivity index (χ0v) is 7.79. The van der Waals surface area contributed by atoms with Crippen molar-refractivity contribution in [2.24, 2.45) is 5.92 Å². The fourth-order valence-corrected chi connectivity index (χ4v) is 2.47. The molecule has 0 heterocycles. The van der Waals surface area contributed by atoms with Crippen LogP contribution in [0.25, 0.3) is 0 Å². The molecule has 5 nitrogen and oxygen atoms in total. The first-order valence-corrected chi connectivity index (χ1v) is 5.79. The Bertz CT molecular complexity index is 281. The minimum atomic E-state index is -4.14. The number of hydrogen-bond donors (Lipinski definition) is 0. The number of aliphatic carboxylic acids is 1. The van der Waals surface area contributed by atoms with Gasteiger partial charge in [-0.1, -0.05) is 0 Å². The molecule has 1 unspecified atom stereocenters. The Morgan fingerprint density at radius 2 is 1.92 bits per heavy atom. The van der Waals surface area contributed by atoms with Crippen LogP contribution in [0.3, 0.4) is 0 Å². The van der Waals surface area contributed by atoms with Gasteiger partial charge in [-0.2, -0.15) is 0 Å². The van der Waals surface area contributed by atoms with Crippen LogP contribution >= 0.6 is 7.37 Å². The van der Waals surface area contributed by atoms with Crippen LogP contribution in [0.1, 0.15) is 19.3 Å². The molecule has 1 aliphatic carbocycles. The van der Waals surface area contributed by atoms with E-state index in [0.29, 0.717) is 12.8 Å². The molecule has 0 radical (unpaired) electrons. The van der Waals surface area contributed by atoms with Gasteiger partial charge in [0.2, 0.25) is 0 Å². The first kappa shape index (κ1) is 10.4. The molecule has 1 saturated carbocycles. The van der Waals surface area contributed by atoms with Gasteiger partial charge in [0.25, 0.3) is 0 Å². The molecule has 0 N–H and O–H groups in total. The monoisotopic (exact) mass is 204 g/mol. The highest BCUT2D eigenvalue weighted by Gasteiger charge is 2.35. The van der Waals surface area contributed by atoms with E-state index >= 15 is 0 Å². The quantitative estimate of drug-likeness (QED) is 0.518. The second-order valence-electron chi connectivity index (χ2n) is 3.13. The number of carboxylic acids is 1. The highest BCUT2D eigenvalue weighted by Crippen LogP contribution is 2.47. The molecule has 0 aromatic heterocycles. The predicted octanol–water partition coefficient (Wildman–Crippen LogP) is -1.30. The molecule has 0 aromatic carbocycles. The lowest BCUT2D eigenvalue weighted by atomic mass is 10.5. The smallest absolute Gasteiger partial charge is 0.180 e. The Labute approximate surface area is 75.2 Å². The van der Waals surface area contributed by atoms with Gasteiger partial charge in [-0.05, 0) is 19.3 Å². The largest absolute Gasteiger partial charge is 0.794 e. The van der Waals surface area contributed by atoms with Crippen molar-refractivity contribution < 1.29 is 24.2 Å². The van der Waals surface area contributed by atoms with Crippen LogP contribution in [0.15, 0.2) is 0 Å². The molecule has 0 amide bonds. The Morgan fingerprint density at radius 3 is 2.31 bits per heavy atom. The summed E-state index contributed by atoms with van der Waals surface area (Å²) in [5.41, 5.74) is -0.784. The minimum Gasteiger partial charge on any atom is -0.794 e. The van der Waals surface area contributed by atoms with Crippen molar-refractivity contribution >= 4 is 18.9 Å². The highest BCUT2D eigenvalue weighted by atomic mass is 31.2. The van der Waals surface area contributed by atoms with Gasteiger partial charge in [-0.3, -0.25) is 4.79 Å². The summed E-state index contributed by atoms with van der Waals surface area (Å²) in [6, 6.07) is 0. The van der Waals surface area contributed by atoms with E-state index in [0.717, 1.165) is 0 Å². The normalized spacial score (nSPS) is 20.7. The maximum absolute atomic E-state index is 11.1. The molecule has 0 aliphatic heterocycles. The van der Waals surface area contributed by atoms with Crippen molar-refractivity contribution in [2.75, 3.05) is 6.16 Å². The average molecular weight is 204 g/mol. The van der Waals surface area contributed by atoms with Gasteiger partial charge in [-0.25, -0.2) is 0 Å². The first-order valence-electron chi connectivity index (χ1n) is 3.98. The number of hydrogen-bond acceptors (Lipinski definition) is 5. The SMILES string of the molecule is O=C([O-])CCP(=O)([O-])C(=O)C1CC1. The van der Waals surface area contributed by atoms with E-state index in [9.17, 15) is 24.2 Å². The molecule has 0 aromatic rings. The first-order chi connectivity index (χ1) is 5.93. The molecular weight excluding hydrogens is 195 g/mol. The fraction of sp³-hybridized carbons (Fsp3) is 0.714. The Hall–Kier alpha value is -0.670. The predicted molar refractivity (Wildman–Crippen MR) is 39.8 cm³/mol. The van der Waals surface area contributed by atoms with Gasteiger partial charge < -0.3 is 19.4 Å². The molecule has 13 heavy (non-hydrogen) atoms. The third kappa shape index (κ3) is 2.94. The van der Waals surface area contributed by atoms with Gasteiger partial charge in [-0.15, -0.1) is 0 Å². The minimum absolute atomic E-state index is 0.370. The molecule has 1 aliphatic rings. The van der Waals surface area contributed by atoms with E-state index in [2.05, 4.69) is 0 Å². The highest BCUT2D eigenvalue weighted by molar-refractivity contribution is 7.74. The third-order valence-electron chi connectivity index (χ3n) is 1.87. The van der Waals surface area contributed by atoms with Crippen molar-refractivity contribution in [3.05, 3.63) is 0 Å². The van der Waals surface area contributed by atoms with Gasteiger partial charge >= 0.3 is 0 Å². The molecule has 0 bridgehead atoms. The second-order valence-corrected chi connectivity index (χ2v) is 5.37. The lowest BCUT2D eigenvalue weighted by Crippen LogP contribution is -2.26. The molecule has 1 atom stereocenters. The average Bonchev–Trinajstić information content (AvgIpc) is 2.82. The van der Waals surface area contributed by atoms with Gasteiger partial charge in [0.05, 0.1) is 7.37 Å². The van der Waals surface area contributed by atoms with Crippen LogP contribution in [-0.4, -0.2) is 17.7 Å². The Morgan fingerprint density at radius 1 is 1.38 bits per heavy atom. The second kappa shape index (κ2) is 3.60. The van der Waals surface area contributed by atoms with Crippen LogP contribution in [0.4, 0.5) is 0 Å². The maximum Gasteiger partial charge on any atom is 0.180 e. The van der Waals surface area contributed by atoms with E-state index in [1.165, 1.54) is 0 Å². The summed E-state index contributed by atoms with van der Waals surface area (Å²) in [6.45, 7) is 0. The van der Waals surface area contributed by atoms with E-state index in [1.54, 1.807) is 0 Å². The van der Waals surface area contributed by atoms with E-state index in [1.807, 2.05) is 0 Å². The van der Waals surface area contributed by atoms with Crippen LogP contribution in [0.2, 0.25) is 0 Å². The summed E-state index contributed by atoms with van der Waals surface area (Å²) in [7, 11) is -4.14. The molecule has 1 rings (SSSR count). The zero-order chi connectivity index (χ0) is 10.1. The van der Waals surface area contributed by atoms with Crippen molar-refractivity contribution in [1.29, 1.82) is 0 Å². The fourth-order valence-electron chi connectivity index (χ4n) is 0.957. The zero-order valence-electron chi connectivity index (χ0n) is 6.89.